The first-order chi connectivity index (χ1) is 9.84. The largest absolute Gasteiger partial charge is 0.480 e. The van der Waals surface area contributed by atoms with Crippen molar-refractivity contribution in [3.05, 3.63) is 27.7 Å². The van der Waals surface area contributed by atoms with Crippen molar-refractivity contribution < 1.29 is 18.3 Å². The molecule has 1 atom stereocenters. The van der Waals surface area contributed by atoms with Gasteiger partial charge in [0.1, 0.15) is 6.04 Å². The second-order valence-electron chi connectivity index (χ2n) is 4.90. The molecule has 8 heteroatoms. The molecule has 0 saturated carbocycles. The number of sulfonamides is 1. The monoisotopic (exact) mass is 395 g/mol. The fourth-order valence-electron chi connectivity index (χ4n) is 2.39. The van der Waals surface area contributed by atoms with E-state index in [-0.39, 0.29) is 11.4 Å². The minimum atomic E-state index is -3.85. The highest BCUT2D eigenvalue weighted by Crippen LogP contribution is 2.29. The van der Waals surface area contributed by atoms with Crippen LogP contribution in [0.25, 0.3) is 0 Å². The Kier molecular flexibility index (Phi) is 5.29. The van der Waals surface area contributed by atoms with E-state index in [0.717, 1.165) is 10.7 Å². The number of hydrogen-bond acceptors (Lipinski definition) is 3. The van der Waals surface area contributed by atoms with Gasteiger partial charge in [0, 0.05) is 11.0 Å². The van der Waals surface area contributed by atoms with E-state index in [9.17, 15) is 18.3 Å². The number of nitrogens with zero attached hydrogens (tertiary/aromatic N) is 1. The van der Waals surface area contributed by atoms with Crippen molar-refractivity contribution in [3.8, 4) is 0 Å². The zero-order valence-corrected chi connectivity index (χ0v) is 14.3. The molecule has 0 bridgehead atoms. The van der Waals surface area contributed by atoms with E-state index < -0.39 is 22.0 Å². The predicted molar refractivity (Wildman–Crippen MR) is 82.9 cm³/mol. The van der Waals surface area contributed by atoms with Gasteiger partial charge in [-0.2, -0.15) is 4.31 Å². The lowest BCUT2D eigenvalue weighted by atomic mass is 10.1. The zero-order valence-electron chi connectivity index (χ0n) is 11.1. The number of carboxylic acid groups (broad SMARTS) is 1. The Hall–Kier alpha value is -0.630. The second kappa shape index (κ2) is 6.64. The van der Waals surface area contributed by atoms with Crippen LogP contribution in [0.1, 0.15) is 25.7 Å². The summed E-state index contributed by atoms with van der Waals surface area (Å²) in [5.41, 5.74) is 0. The topological polar surface area (TPSA) is 74.7 Å². The molecule has 1 fully saturated rings. The highest BCUT2D eigenvalue weighted by molar-refractivity contribution is 9.10. The third-order valence-corrected chi connectivity index (χ3v) is 6.60. The summed E-state index contributed by atoms with van der Waals surface area (Å²) in [6, 6.07) is 3.27. The van der Waals surface area contributed by atoms with E-state index in [0.29, 0.717) is 28.8 Å². The SMILES string of the molecule is O=C(O)C1CCCCCN1S(=O)(=O)c1ccc(Cl)c(Br)c1. The molecule has 0 aliphatic carbocycles. The molecule has 21 heavy (non-hydrogen) atoms. The van der Waals surface area contributed by atoms with E-state index in [2.05, 4.69) is 15.9 Å². The van der Waals surface area contributed by atoms with Crippen LogP contribution in [0.2, 0.25) is 5.02 Å². The number of carboxylic acids is 1. The first kappa shape index (κ1) is 16.7. The Morgan fingerprint density at radius 1 is 1.33 bits per heavy atom. The Balaban J connectivity index is 2.43. The number of rotatable bonds is 3. The summed E-state index contributed by atoms with van der Waals surface area (Å²) in [6.45, 7) is 0.222. The molecule has 1 aromatic carbocycles. The van der Waals surface area contributed by atoms with Crippen LogP contribution in [0, 0.1) is 0 Å². The van der Waals surface area contributed by atoms with Gasteiger partial charge in [0.2, 0.25) is 10.0 Å². The van der Waals surface area contributed by atoms with Gasteiger partial charge in [0.15, 0.2) is 0 Å². The smallest absolute Gasteiger partial charge is 0.322 e. The summed E-state index contributed by atoms with van der Waals surface area (Å²) in [4.78, 5) is 11.4. The molecular formula is C13H15BrClNO4S. The van der Waals surface area contributed by atoms with Crippen LogP contribution in [0.5, 0.6) is 0 Å². The fourth-order valence-corrected chi connectivity index (χ4v) is 4.71. The van der Waals surface area contributed by atoms with Crippen molar-refractivity contribution in [2.75, 3.05) is 6.54 Å². The van der Waals surface area contributed by atoms with Crippen molar-refractivity contribution >= 4 is 43.5 Å². The maximum absolute atomic E-state index is 12.7. The summed E-state index contributed by atoms with van der Waals surface area (Å²) in [6.07, 6.45) is 2.55. The van der Waals surface area contributed by atoms with Gasteiger partial charge in [-0.05, 0) is 47.0 Å². The summed E-state index contributed by atoms with van der Waals surface area (Å²) in [5, 5.41) is 9.71. The molecule has 116 valence electrons. The van der Waals surface area contributed by atoms with Crippen LogP contribution in [0.4, 0.5) is 0 Å². The van der Waals surface area contributed by atoms with Crippen molar-refractivity contribution in [3.63, 3.8) is 0 Å². The number of hydrogen-bond donors (Lipinski definition) is 1. The molecule has 1 heterocycles. The van der Waals surface area contributed by atoms with Gasteiger partial charge in [0.05, 0.1) is 9.92 Å². The first-order valence-electron chi connectivity index (χ1n) is 6.54. The van der Waals surface area contributed by atoms with Gasteiger partial charge in [-0.1, -0.05) is 24.4 Å². The second-order valence-corrected chi connectivity index (χ2v) is 8.05. The quantitative estimate of drug-likeness (QED) is 0.852. The molecule has 1 saturated heterocycles. The lowest BCUT2D eigenvalue weighted by Crippen LogP contribution is -2.44. The van der Waals surface area contributed by atoms with Crippen LogP contribution in [0.3, 0.4) is 0 Å². The van der Waals surface area contributed by atoms with Gasteiger partial charge in [-0.3, -0.25) is 4.79 Å². The minimum Gasteiger partial charge on any atom is -0.480 e. The molecule has 1 N–H and O–H groups in total. The van der Waals surface area contributed by atoms with Gasteiger partial charge >= 0.3 is 5.97 Å². The third-order valence-electron chi connectivity index (χ3n) is 3.49. The third kappa shape index (κ3) is 3.59. The molecule has 1 unspecified atom stereocenters. The van der Waals surface area contributed by atoms with Crippen LogP contribution >= 0.6 is 27.5 Å². The normalized spacial score (nSPS) is 21.0. The van der Waals surface area contributed by atoms with Crippen LogP contribution in [0.15, 0.2) is 27.6 Å². The summed E-state index contributed by atoms with van der Waals surface area (Å²) in [7, 11) is -3.85. The van der Waals surface area contributed by atoms with Crippen molar-refractivity contribution in [1.82, 2.24) is 4.31 Å². The average molecular weight is 397 g/mol. The molecule has 5 nitrogen and oxygen atoms in total. The van der Waals surface area contributed by atoms with Gasteiger partial charge in [-0.15, -0.1) is 0 Å². The van der Waals surface area contributed by atoms with Crippen molar-refractivity contribution in [2.45, 2.75) is 36.6 Å². The fraction of sp³-hybridized carbons (Fsp3) is 0.462. The molecule has 0 aromatic heterocycles. The molecule has 1 aliphatic rings. The van der Waals surface area contributed by atoms with Crippen molar-refractivity contribution in [2.24, 2.45) is 0 Å². The molecule has 1 aliphatic heterocycles. The highest BCUT2D eigenvalue weighted by Gasteiger charge is 2.36. The lowest BCUT2D eigenvalue weighted by Gasteiger charge is -2.26. The van der Waals surface area contributed by atoms with E-state index in [1.807, 2.05) is 0 Å². The van der Waals surface area contributed by atoms with Gasteiger partial charge < -0.3 is 5.11 Å². The highest BCUT2D eigenvalue weighted by atomic mass is 79.9. The Morgan fingerprint density at radius 2 is 2.05 bits per heavy atom. The molecule has 0 radical (unpaired) electrons. The standard InChI is InChI=1S/C13H15BrClNO4S/c14-10-8-9(5-6-11(10)15)21(19,20)16-7-3-1-2-4-12(16)13(17)18/h5-6,8,12H,1-4,7H2,(H,17,18). The van der Waals surface area contributed by atoms with Gasteiger partial charge in [-0.25, -0.2) is 8.42 Å². The van der Waals surface area contributed by atoms with E-state index in [4.69, 9.17) is 11.6 Å². The first-order valence-corrected chi connectivity index (χ1v) is 9.15. The molecule has 2 rings (SSSR count). The summed E-state index contributed by atoms with van der Waals surface area (Å²) >= 11 is 9.06. The lowest BCUT2D eigenvalue weighted by molar-refractivity contribution is -0.141. The Labute approximate surface area is 137 Å². The number of aliphatic carboxylic acids is 1. The summed E-state index contributed by atoms with van der Waals surface area (Å²) in [5.74, 6) is -1.10. The maximum Gasteiger partial charge on any atom is 0.322 e. The number of carbonyl (C=O) groups is 1. The molecule has 0 spiro atoms. The maximum atomic E-state index is 12.7. The molecular weight excluding hydrogens is 382 g/mol. The van der Waals surface area contributed by atoms with E-state index >= 15 is 0 Å². The Bertz CT molecular complexity index is 650. The zero-order chi connectivity index (χ0) is 15.6. The molecule has 0 amide bonds. The van der Waals surface area contributed by atoms with E-state index in [1.165, 1.54) is 18.2 Å². The number of halogens is 2. The van der Waals surface area contributed by atoms with E-state index in [1.54, 1.807) is 0 Å². The van der Waals surface area contributed by atoms with Crippen LogP contribution in [-0.4, -0.2) is 36.4 Å². The minimum absolute atomic E-state index is 0.0481. The predicted octanol–water partition coefficient (Wildman–Crippen LogP) is 3.12. The summed E-state index contributed by atoms with van der Waals surface area (Å²) < 4.78 is 27.0. The Morgan fingerprint density at radius 3 is 2.67 bits per heavy atom. The van der Waals surface area contributed by atoms with Crippen LogP contribution < -0.4 is 0 Å². The number of benzene rings is 1. The average Bonchev–Trinajstić information content (AvgIpc) is 2.67. The van der Waals surface area contributed by atoms with Gasteiger partial charge in [0.25, 0.3) is 0 Å². The molecule has 1 aromatic rings. The van der Waals surface area contributed by atoms with Crippen molar-refractivity contribution in [1.29, 1.82) is 0 Å². The van der Waals surface area contributed by atoms with Crippen LogP contribution in [-0.2, 0) is 14.8 Å².